The molecule has 0 aliphatic rings. The van der Waals surface area contributed by atoms with E-state index in [9.17, 15) is 4.79 Å². The van der Waals surface area contributed by atoms with Gasteiger partial charge in [-0.2, -0.15) is 0 Å². The molecule has 2 heterocycles. The Morgan fingerprint density at radius 2 is 1.86 bits per heavy atom. The molecule has 6 nitrogen and oxygen atoms in total. The highest BCUT2D eigenvalue weighted by Gasteiger charge is 2.17. The van der Waals surface area contributed by atoms with E-state index in [4.69, 9.17) is 0 Å². The summed E-state index contributed by atoms with van der Waals surface area (Å²) in [6.45, 7) is 3.23. The number of carbonyl (C=O) groups is 1. The number of amides is 1. The first-order valence-electron chi connectivity index (χ1n) is 9.74. The molecule has 0 spiro atoms. The molecule has 4 aromatic rings. The van der Waals surface area contributed by atoms with Crippen LogP contribution in [0.3, 0.4) is 0 Å². The molecule has 4 rings (SSSR count). The Morgan fingerprint density at radius 3 is 2.69 bits per heavy atom. The molecule has 2 aromatic carbocycles. The van der Waals surface area contributed by atoms with Crippen LogP contribution in [-0.4, -0.2) is 33.9 Å². The SMILES string of the molecule is CCN(C(=O)c1cc(NCCc2c[nH]c3ccccc23)ncn1)c1ccccc1. The number of carbonyl (C=O) groups excluding carboxylic acids is 1. The van der Waals surface area contributed by atoms with Gasteiger partial charge in [0.05, 0.1) is 0 Å². The van der Waals surface area contributed by atoms with Crippen molar-refractivity contribution in [1.29, 1.82) is 0 Å². The van der Waals surface area contributed by atoms with Gasteiger partial charge >= 0.3 is 0 Å². The molecule has 2 N–H and O–H groups in total. The second-order valence-corrected chi connectivity index (χ2v) is 6.71. The van der Waals surface area contributed by atoms with E-state index in [1.807, 2.05) is 55.6 Å². The fourth-order valence-corrected chi connectivity index (χ4v) is 3.42. The van der Waals surface area contributed by atoms with Gasteiger partial charge < -0.3 is 15.2 Å². The van der Waals surface area contributed by atoms with Gasteiger partial charge in [0.2, 0.25) is 0 Å². The largest absolute Gasteiger partial charge is 0.370 e. The number of nitrogens with one attached hydrogen (secondary N) is 2. The number of H-pyrrole nitrogens is 1. The number of benzene rings is 2. The number of fused-ring (bicyclic) bond motifs is 1. The van der Waals surface area contributed by atoms with Gasteiger partial charge in [-0.15, -0.1) is 0 Å². The average molecular weight is 385 g/mol. The summed E-state index contributed by atoms with van der Waals surface area (Å²) < 4.78 is 0. The maximum Gasteiger partial charge on any atom is 0.277 e. The molecule has 0 atom stereocenters. The van der Waals surface area contributed by atoms with Crippen LogP contribution in [-0.2, 0) is 6.42 Å². The topological polar surface area (TPSA) is 73.9 Å². The third-order valence-corrected chi connectivity index (χ3v) is 4.89. The number of aromatic amines is 1. The quantitative estimate of drug-likeness (QED) is 0.498. The minimum absolute atomic E-state index is 0.138. The summed E-state index contributed by atoms with van der Waals surface area (Å²) in [5.74, 6) is 0.507. The molecule has 2 aromatic heterocycles. The van der Waals surface area contributed by atoms with Crippen LogP contribution in [0.15, 0.2) is 73.2 Å². The first-order chi connectivity index (χ1) is 14.3. The van der Waals surface area contributed by atoms with Gasteiger partial charge in [0.1, 0.15) is 17.8 Å². The number of aromatic nitrogens is 3. The number of hydrogen-bond donors (Lipinski definition) is 2. The van der Waals surface area contributed by atoms with Crippen LogP contribution in [0.1, 0.15) is 23.0 Å². The maximum atomic E-state index is 12.9. The van der Waals surface area contributed by atoms with Crippen molar-refractivity contribution in [2.24, 2.45) is 0 Å². The molecule has 0 unspecified atom stereocenters. The fraction of sp³-hybridized carbons (Fsp3) is 0.174. The van der Waals surface area contributed by atoms with Crippen molar-refractivity contribution in [2.75, 3.05) is 23.3 Å². The predicted octanol–water partition coefficient (Wildman–Crippen LogP) is 4.28. The zero-order valence-corrected chi connectivity index (χ0v) is 16.3. The number of hydrogen-bond acceptors (Lipinski definition) is 4. The summed E-state index contributed by atoms with van der Waals surface area (Å²) in [5.41, 5.74) is 3.62. The van der Waals surface area contributed by atoms with E-state index >= 15 is 0 Å². The monoisotopic (exact) mass is 385 g/mol. The number of anilines is 2. The molecule has 6 heteroatoms. The Labute approximate surface area is 169 Å². The van der Waals surface area contributed by atoms with Gasteiger partial charge in [-0.1, -0.05) is 36.4 Å². The Balaban J connectivity index is 1.43. The van der Waals surface area contributed by atoms with Gasteiger partial charge in [0.25, 0.3) is 5.91 Å². The molecule has 0 aliphatic carbocycles. The maximum absolute atomic E-state index is 12.9. The number of rotatable bonds is 7. The van der Waals surface area contributed by atoms with Gasteiger partial charge in [-0.3, -0.25) is 4.79 Å². The Kier molecular flexibility index (Phi) is 5.52. The predicted molar refractivity (Wildman–Crippen MR) is 116 cm³/mol. The molecule has 0 radical (unpaired) electrons. The summed E-state index contributed by atoms with van der Waals surface area (Å²) >= 11 is 0. The third kappa shape index (κ3) is 4.11. The molecule has 0 saturated heterocycles. The van der Waals surface area contributed by atoms with Crippen LogP contribution in [0.5, 0.6) is 0 Å². The highest BCUT2D eigenvalue weighted by atomic mass is 16.2. The van der Waals surface area contributed by atoms with Crippen molar-refractivity contribution in [3.05, 3.63) is 84.4 Å². The first kappa shape index (κ1) is 18.7. The van der Waals surface area contributed by atoms with Gasteiger partial charge in [0, 0.05) is 41.9 Å². The lowest BCUT2D eigenvalue weighted by Crippen LogP contribution is -2.31. The number of para-hydroxylation sites is 2. The van der Waals surface area contributed by atoms with Crippen molar-refractivity contribution in [2.45, 2.75) is 13.3 Å². The summed E-state index contributed by atoms with van der Waals surface area (Å²) in [4.78, 5) is 26.4. The smallest absolute Gasteiger partial charge is 0.277 e. The van der Waals surface area contributed by atoms with Crippen LogP contribution < -0.4 is 10.2 Å². The summed E-state index contributed by atoms with van der Waals surface area (Å²) in [5, 5.41) is 4.53. The minimum Gasteiger partial charge on any atom is -0.370 e. The van der Waals surface area contributed by atoms with Crippen LogP contribution in [0.4, 0.5) is 11.5 Å². The lowest BCUT2D eigenvalue weighted by Gasteiger charge is -2.20. The van der Waals surface area contributed by atoms with Crippen LogP contribution in [0, 0.1) is 0 Å². The molecule has 0 fully saturated rings. The Hall–Kier alpha value is -3.67. The van der Waals surface area contributed by atoms with Crippen molar-refractivity contribution in [3.8, 4) is 0 Å². The second kappa shape index (κ2) is 8.56. The lowest BCUT2D eigenvalue weighted by atomic mass is 10.1. The van der Waals surface area contributed by atoms with E-state index in [0.717, 1.165) is 17.6 Å². The van der Waals surface area contributed by atoms with E-state index in [1.54, 1.807) is 11.0 Å². The third-order valence-electron chi connectivity index (χ3n) is 4.89. The molecule has 0 aliphatic heterocycles. The molecular formula is C23H23N5O. The van der Waals surface area contributed by atoms with E-state index < -0.39 is 0 Å². The van der Waals surface area contributed by atoms with Crippen molar-refractivity contribution < 1.29 is 4.79 Å². The van der Waals surface area contributed by atoms with E-state index in [0.29, 0.717) is 24.6 Å². The highest BCUT2D eigenvalue weighted by molar-refractivity contribution is 6.05. The molecule has 1 amide bonds. The summed E-state index contributed by atoms with van der Waals surface area (Å²) in [7, 11) is 0. The zero-order valence-electron chi connectivity index (χ0n) is 16.3. The molecule has 0 bridgehead atoms. The summed E-state index contributed by atoms with van der Waals surface area (Å²) in [6, 6.07) is 19.6. The molecule has 0 saturated carbocycles. The normalized spacial score (nSPS) is 10.8. The van der Waals surface area contributed by atoms with Crippen molar-refractivity contribution >= 4 is 28.3 Å². The lowest BCUT2D eigenvalue weighted by molar-refractivity contribution is 0.0983. The van der Waals surface area contributed by atoms with E-state index in [2.05, 4.69) is 32.4 Å². The second-order valence-electron chi connectivity index (χ2n) is 6.71. The Bertz CT molecular complexity index is 1110. The van der Waals surface area contributed by atoms with E-state index in [1.165, 1.54) is 17.3 Å². The van der Waals surface area contributed by atoms with Crippen molar-refractivity contribution in [1.82, 2.24) is 15.0 Å². The molecule has 29 heavy (non-hydrogen) atoms. The van der Waals surface area contributed by atoms with Gasteiger partial charge in [-0.25, -0.2) is 9.97 Å². The number of nitrogens with zero attached hydrogens (tertiary/aromatic N) is 3. The minimum atomic E-state index is -0.138. The van der Waals surface area contributed by atoms with E-state index in [-0.39, 0.29) is 5.91 Å². The standard InChI is InChI=1S/C23H23N5O/c1-2-28(18-8-4-3-5-9-18)23(29)21-14-22(27-16-26-21)24-13-12-17-15-25-20-11-7-6-10-19(17)20/h3-11,14-16,25H,2,12-13H2,1H3,(H,24,26,27). The molecule has 146 valence electrons. The van der Waals surface area contributed by atoms with Gasteiger partial charge in [0.15, 0.2) is 0 Å². The van der Waals surface area contributed by atoms with Crippen LogP contribution >= 0.6 is 0 Å². The average Bonchev–Trinajstić information content (AvgIpc) is 3.18. The van der Waals surface area contributed by atoms with Crippen molar-refractivity contribution in [3.63, 3.8) is 0 Å². The van der Waals surface area contributed by atoms with Crippen LogP contribution in [0.2, 0.25) is 0 Å². The first-order valence-corrected chi connectivity index (χ1v) is 9.74. The fourth-order valence-electron chi connectivity index (χ4n) is 3.42. The van der Waals surface area contributed by atoms with Crippen LogP contribution in [0.25, 0.3) is 10.9 Å². The highest BCUT2D eigenvalue weighted by Crippen LogP contribution is 2.19. The molecular weight excluding hydrogens is 362 g/mol. The summed E-state index contributed by atoms with van der Waals surface area (Å²) in [6.07, 6.45) is 4.32. The zero-order chi connectivity index (χ0) is 20.1. The Morgan fingerprint density at radius 1 is 1.07 bits per heavy atom. The van der Waals surface area contributed by atoms with Gasteiger partial charge in [-0.05, 0) is 37.1 Å².